The maximum atomic E-state index is 11.9. The highest BCUT2D eigenvalue weighted by Gasteiger charge is 2.16. The van der Waals surface area contributed by atoms with Gasteiger partial charge in [0.25, 0.3) is 5.69 Å². The molecule has 0 heterocycles. The zero-order valence-electron chi connectivity index (χ0n) is 12.4. The Kier molecular flexibility index (Phi) is 6.18. The average Bonchev–Trinajstić information content (AvgIpc) is 2.57. The fourth-order valence-corrected chi connectivity index (χ4v) is 2.84. The molecule has 0 unspecified atom stereocenters. The molecule has 0 bridgehead atoms. The highest BCUT2D eigenvalue weighted by molar-refractivity contribution is 7.99. The molecule has 1 amide bonds. The molecule has 0 aliphatic rings. The van der Waals surface area contributed by atoms with E-state index in [2.05, 4.69) is 5.32 Å². The molecule has 2 rings (SSSR count). The molecule has 2 aromatic carbocycles. The highest BCUT2D eigenvalue weighted by atomic mass is 35.5. The van der Waals surface area contributed by atoms with E-state index < -0.39 is 4.92 Å². The molecule has 0 radical (unpaired) electrons. The summed E-state index contributed by atoms with van der Waals surface area (Å²) < 4.78 is 0. The number of carbonyl (C=O) groups excluding carboxylic acids is 1. The highest BCUT2D eigenvalue weighted by Crippen LogP contribution is 2.28. The molecule has 0 saturated heterocycles. The van der Waals surface area contributed by atoms with Gasteiger partial charge in [0.05, 0.1) is 22.3 Å². The normalized spacial score (nSPS) is 10.0. The number of carbonyl (C=O) groups is 1. The third-order valence-corrected chi connectivity index (χ3v) is 4.25. The molecule has 0 aromatic heterocycles. The summed E-state index contributed by atoms with van der Waals surface area (Å²) in [6, 6.07) is 13.2. The lowest BCUT2D eigenvalue weighted by Crippen LogP contribution is -2.15. The number of nitro groups is 1. The maximum Gasteiger partial charge on any atom is 0.294 e. The number of halogens is 1. The summed E-state index contributed by atoms with van der Waals surface area (Å²) in [4.78, 5) is 22.3. The first-order valence-corrected chi connectivity index (χ1v) is 8.33. The van der Waals surface area contributed by atoms with Gasteiger partial charge in [-0.3, -0.25) is 14.9 Å². The quantitative estimate of drug-likeness (QED) is 0.619. The number of nitro benzene ring substituents is 1. The van der Waals surface area contributed by atoms with Crippen molar-refractivity contribution in [2.24, 2.45) is 0 Å². The van der Waals surface area contributed by atoms with Gasteiger partial charge < -0.3 is 5.32 Å². The summed E-state index contributed by atoms with van der Waals surface area (Å²) in [7, 11) is 0. The summed E-state index contributed by atoms with van der Waals surface area (Å²) in [5.74, 6) is 0.417. The summed E-state index contributed by atoms with van der Waals surface area (Å²) >= 11 is 7.10. The van der Waals surface area contributed by atoms with Crippen LogP contribution in [0.15, 0.2) is 42.5 Å². The van der Waals surface area contributed by atoms with Crippen molar-refractivity contribution in [3.8, 4) is 6.07 Å². The van der Waals surface area contributed by atoms with E-state index in [0.717, 1.165) is 5.56 Å². The number of hydrogen-bond donors (Lipinski definition) is 1. The first kappa shape index (κ1) is 17.8. The molecule has 1 N–H and O–H groups in total. The van der Waals surface area contributed by atoms with Crippen LogP contribution in [0, 0.1) is 21.4 Å². The second-order valence-corrected chi connectivity index (χ2v) is 6.19. The third kappa shape index (κ3) is 4.98. The van der Waals surface area contributed by atoms with E-state index >= 15 is 0 Å². The molecule has 0 aliphatic carbocycles. The van der Waals surface area contributed by atoms with Gasteiger partial charge in [0.1, 0.15) is 5.69 Å². The lowest BCUT2D eigenvalue weighted by Gasteiger charge is -2.06. The molecule has 0 atom stereocenters. The Morgan fingerprint density at radius 1 is 1.29 bits per heavy atom. The Morgan fingerprint density at radius 3 is 2.62 bits per heavy atom. The van der Waals surface area contributed by atoms with Crippen LogP contribution in [0.1, 0.15) is 11.1 Å². The Balaban J connectivity index is 1.89. The van der Waals surface area contributed by atoms with Crippen LogP contribution in [-0.4, -0.2) is 16.6 Å². The van der Waals surface area contributed by atoms with Crippen LogP contribution in [0.5, 0.6) is 0 Å². The van der Waals surface area contributed by atoms with Crippen molar-refractivity contribution in [3.05, 3.63) is 68.7 Å². The van der Waals surface area contributed by atoms with Crippen LogP contribution in [0.4, 0.5) is 11.4 Å². The molecular formula is C16H12ClN3O3S. The standard InChI is InChI=1S/C16H12ClN3O3S/c17-13-5-6-14(15(7-13)20(22)23)19-16(21)10-24-9-12-3-1-11(8-18)2-4-12/h1-7H,9-10H2,(H,19,21). The fourth-order valence-electron chi connectivity index (χ4n) is 1.88. The first-order chi connectivity index (χ1) is 11.5. The summed E-state index contributed by atoms with van der Waals surface area (Å²) in [6.07, 6.45) is 0. The van der Waals surface area contributed by atoms with Crippen LogP contribution >= 0.6 is 23.4 Å². The number of nitrogens with one attached hydrogen (secondary N) is 1. The van der Waals surface area contributed by atoms with E-state index in [-0.39, 0.29) is 28.1 Å². The van der Waals surface area contributed by atoms with Crippen molar-refractivity contribution in [1.82, 2.24) is 0 Å². The summed E-state index contributed by atoms with van der Waals surface area (Å²) in [6.45, 7) is 0. The lowest BCUT2D eigenvalue weighted by atomic mass is 10.2. The average molecular weight is 362 g/mol. The smallest absolute Gasteiger partial charge is 0.294 e. The minimum Gasteiger partial charge on any atom is -0.320 e. The van der Waals surface area contributed by atoms with Crippen LogP contribution in [-0.2, 0) is 10.5 Å². The molecule has 0 fully saturated rings. The molecule has 8 heteroatoms. The van der Waals surface area contributed by atoms with Gasteiger partial charge in [-0.15, -0.1) is 11.8 Å². The number of amides is 1. The van der Waals surface area contributed by atoms with Gasteiger partial charge in [-0.05, 0) is 29.8 Å². The van der Waals surface area contributed by atoms with Crippen LogP contribution < -0.4 is 5.32 Å². The second kappa shape index (κ2) is 8.34. The van der Waals surface area contributed by atoms with Crippen molar-refractivity contribution in [1.29, 1.82) is 5.26 Å². The van der Waals surface area contributed by atoms with Crippen molar-refractivity contribution in [2.75, 3.05) is 11.1 Å². The number of rotatable bonds is 6. The molecule has 6 nitrogen and oxygen atoms in total. The number of benzene rings is 2. The Labute approximate surface area is 147 Å². The van der Waals surface area contributed by atoms with Gasteiger partial charge in [0.15, 0.2) is 0 Å². The van der Waals surface area contributed by atoms with Gasteiger partial charge in [-0.25, -0.2) is 0 Å². The monoisotopic (exact) mass is 361 g/mol. The molecule has 24 heavy (non-hydrogen) atoms. The second-order valence-electron chi connectivity index (χ2n) is 4.77. The van der Waals surface area contributed by atoms with E-state index in [1.165, 1.54) is 30.0 Å². The van der Waals surface area contributed by atoms with E-state index in [4.69, 9.17) is 16.9 Å². The SMILES string of the molecule is N#Cc1ccc(CSCC(=O)Nc2ccc(Cl)cc2[N+](=O)[O-])cc1. The Hall–Kier alpha value is -2.56. The van der Waals surface area contributed by atoms with Gasteiger partial charge in [0, 0.05) is 16.8 Å². The summed E-state index contributed by atoms with van der Waals surface area (Å²) in [5.41, 5.74) is 1.45. The topological polar surface area (TPSA) is 96.0 Å². The van der Waals surface area contributed by atoms with Crippen molar-refractivity contribution in [2.45, 2.75) is 5.75 Å². The molecule has 0 spiro atoms. The Morgan fingerprint density at radius 2 is 2.00 bits per heavy atom. The zero-order chi connectivity index (χ0) is 17.5. The molecular weight excluding hydrogens is 350 g/mol. The predicted molar refractivity (Wildman–Crippen MR) is 94.1 cm³/mol. The molecule has 0 aliphatic heterocycles. The van der Waals surface area contributed by atoms with Gasteiger partial charge in [-0.1, -0.05) is 23.7 Å². The van der Waals surface area contributed by atoms with Crippen LogP contribution in [0.25, 0.3) is 0 Å². The van der Waals surface area contributed by atoms with Gasteiger partial charge >= 0.3 is 0 Å². The third-order valence-electron chi connectivity index (χ3n) is 3.02. The van der Waals surface area contributed by atoms with E-state index in [9.17, 15) is 14.9 Å². The maximum absolute atomic E-state index is 11.9. The number of hydrogen-bond acceptors (Lipinski definition) is 5. The van der Waals surface area contributed by atoms with Crippen LogP contribution in [0.2, 0.25) is 5.02 Å². The first-order valence-electron chi connectivity index (χ1n) is 6.80. The van der Waals surface area contributed by atoms with Gasteiger partial charge in [0.2, 0.25) is 5.91 Å². The van der Waals surface area contributed by atoms with Crippen molar-refractivity contribution >= 4 is 40.6 Å². The van der Waals surface area contributed by atoms with E-state index in [1.807, 2.05) is 18.2 Å². The van der Waals surface area contributed by atoms with Gasteiger partial charge in [-0.2, -0.15) is 5.26 Å². The van der Waals surface area contributed by atoms with E-state index in [1.54, 1.807) is 12.1 Å². The number of nitriles is 1. The number of thioether (sulfide) groups is 1. The number of anilines is 1. The minimum absolute atomic E-state index is 0.119. The van der Waals surface area contributed by atoms with Crippen molar-refractivity contribution < 1.29 is 9.72 Å². The molecule has 0 saturated carbocycles. The van der Waals surface area contributed by atoms with Crippen molar-refractivity contribution in [3.63, 3.8) is 0 Å². The Bertz CT molecular complexity index is 803. The fraction of sp³-hybridized carbons (Fsp3) is 0.125. The van der Waals surface area contributed by atoms with E-state index in [0.29, 0.717) is 11.3 Å². The largest absolute Gasteiger partial charge is 0.320 e. The molecule has 122 valence electrons. The predicted octanol–water partition coefficient (Wildman–Crippen LogP) is 3.99. The zero-order valence-corrected chi connectivity index (χ0v) is 13.9. The lowest BCUT2D eigenvalue weighted by molar-refractivity contribution is -0.383. The number of nitrogens with zero attached hydrogens (tertiary/aromatic N) is 2. The minimum atomic E-state index is -0.592. The van der Waals surface area contributed by atoms with Crippen LogP contribution in [0.3, 0.4) is 0 Å². The summed E-state index contributed by atoms with van der Waals surface area (Å²) in [5, 5.41) is 22.5. The molecule has 2 aromatic rings.